The molecule has 10 rings (SSSR count). The fourth-order valence-corrected chi connectivity index (χ4v) is 7.77. The van der Waals surface area contributed by atoms with Crippen molar-refractivity contribution in [1.29, 1.82) is 0 Å². The highest BCUT2D eigenvalue weighted by Crippen LogP contribution is 2.38. The first kappa shape index (κ1) is 28.4. The van der Waals surface area contributed by atoms with Crippen molar-refractivity contribution in [2.75, 3.05) is 0 Å². The van der Waals surface area contributed by atoms with E-state index in [1.165, 1.54) is 77.0 Å². The van der Waals surface area contributed by atoms with E-state index in [1.54, 1.807) is 0 Å². The van der Waals surface area contributed by atoms with Gasteiger partial charge < -0.3 is 9.13 Å². The summed E-state index contributed by atoms with van der Waals surface area (Å²) >= 11 is 0. The summed E-state index contributed by atoms with van der Waals surface area (Å²) in [6.45, 7) is 0. The molecular formula is C48H32N2. The standard InChI is InChI=1S/C48H32N2/c1-5-17-41-35(11-1)15-9-19-43(41)47-31-37-13-3-7-21-45(37)49(47)39-27-23-33(24-28-39)34-25-29-40(30-26-34)50-46-22-8-4-14-38(46)32-48(50)44-20-10-16-36-12-2-6-18-42(36)44/h1-32H. The summed E-state index contributed by atoms with van der Waals surface area (Å²) in [5, 5.41) is 7.48. The van der Waals surface area contributed by atoms with Gasteiger partial charge in [-0.3, -0.25) is 0 Å². The molecular weight excluding hydrogens is 605 g/mol. The molecule has 0 radical (unpaired) electrons. The van der Waals surface area contributed by atoms with Gasteiger partial charge in [0.15, 0.2) is 0 Å². The summed E-state index contributed by atoms with van der Waals surface area (Å²) in [7, 11) is 0. The Kier molecular flexibility index (Phi) is 6.53. The van der Waals surface area contributed by atoms with Gasteiger partial charge in [0.1, 0.15) is 0 Å². The van der Waals surface area contributed by atoms with Crippen molar-refractivity contribution >= 4 is 43.4 Å². The molecule has 0 aliphatic heterocycles. The predicted molar refractivity (Wildman–Crippen MR) is 211 cm³/mol. The molecule has 0 saturated heterocycles. The van der Waals surface area contributed by atoms with Crippen LogP contribution in [0.2, 0.25) is 0 Å². The van der Waals surface area contributed by atoms with Gasteiger partial charge in [0.2, 0.25) is 0 Å². The fourth-order valence-electron chi connectivity index (χ4n) is 7.77. The van der Waals surface area contributed by atoms with Crippen LogP contribution in [0.1, 0.15) is 0 Å². The molecule has 2 heteroatoms. The first-order valence-corrected chi connectivity index (χ1v) is 17.2. The van der Waals surface area contributed by atoms with E-state index in [0.717, 1.165) is 11.4 Å². The molecule has 0 spiro atoms. The highest BCUT2D eigenvalue weighted by atomic mass is 15.0. The Hall–Kier alpha value is -6.64. The maximum absolute atomic E-state index is 2.40. The molecule has 0 aliphatic rings. The smallest absolute Gasteiger partial charge is 0.0547 e. The Bertz CT molecular complexity index is 2640. The Labute approximate surface area is 290 Å². The van der Waals surface area contributed by atoms with E-state index in [1.807, 2.05) is 0 Å². The molecule has 0 atom stereocenters. The average molecular weight is 637 g/mol. The number of hydrogen-bond acceptors (Lipinski definition) is 0. The lowest BCUT2D eigenvalue weighted by molar-refractivity contribution is 1.13. The lowest BCUT2D eigenvalue weighted by Crippen LogP contribution is -1.98. The molecule has 0 aliphatic carbocycles. The van der Waals surface area contributed by atoms with Crippen LogP contribution in [0.3, 0.4) is 0 Å². The number of fused-ring (bicyclic) bond motifs is 4. The Balaban J connectivity index is 1.05. The van der Waals surface area contributed by atoms with E-state index in [4.69, 9.17) is 0 Å². The minimum Gasteiger partial charge on any atom is -0.309 e. The second-order valence-corrected chi connectivity index (χ2v) is 13.0. The van der Waals surface area contributed by atoms with E-state index >= 15 is 0 Å². The van der Waals surface area contributed by atoms with Gasteiger partial charge >= 0.3 is 0 Å². The maximum atomic E-state index is 2.40. The van der Waals surface area contributed by atoms with E-state index < -0.39 is 0 Å². The number of benzene rings is 8. The Morgan fingerprint density at radius 3 is 1.08 bits per heavy atom. The monoisotopic (exact) mass is 636 g/mol. The van der Waals surface area contributed by atoms with Gasteiger partial charge in [-0.25, -0.2) is 0 Å². The first-order chi connectivity index (χ1) is 24.8. The van der Waals surface area contributed by atoms with Crippen LogP contribution in [0, 0.1) is 0 Å². The molecule has 50 heavy (non-hydrogen) atoms. The second kappa shape index (κ2) is 11.5. The van der Waals surface area contributed by atoms with E-state index in [0.29, 0.717) is 0 Å². The molecule has 0 N–H and O–H groups in total. The largest absolute Gasteiger partial charge is 0.309 e. The minimum absolute atomic E-state index is 1.15. The summed E-state index contributed by atoms with van der Waals surface area (Å²) in [4.78, 5) is 0. The maximum Gasteiger partial charge on any atom is 0.0547 e. The van der Waals surface area contributed by atoms with Crippen LogP contribution >= 0.6 is 0 Å². The van der Waals surface area contributed by atoms with Gasteiger partial charge in [-0.05, 0) is 81.2 Å². The third-order valence-electron chi connectivity index (χ3n) is 10.1. The highest BCUT2D eigenvalue weighted by molar-refractivity contribution is 6.01. The molecule has 8 aromatic carbocycles. The fraction of sp³-hybridized carbons (Fsp3) is 0. The third-order valence-corrected chi connectivity index (χ3v) is 10.1. The summed E-state index contributed by atoms with van der Waals surface area (Å²) in [5.41, 5.74) is 11.9. The molecule has 234 valence electrons. The minimum atomic E-state index is 1.15. The second-order valence-electron chi connectivity index (χ2n) is 13.0. The zero-order valence-corrected chi connectivity index (χ0v) is 27.4. The van der Waals surface area contributed by atoms with Crippen molar-refractivity contribution in [3.63, 3.8) is 0 Å². The lowest BCUT2D eigenvalue weighted by atomic mass is 10.0. The highest BCUT2D eigenvalue weighted by Gasteiger charge is 2.16. The number of para-hydroxylation sites is 2. The van der Waals surface area contributed by atoms with Gasteiger partial charge in [-0.15, -0.1) is 0 Å². The molecule has 10 aromatic rings. The van der Waals surface area contributed by atoms with Crippen LogP contribution in [0.25, 0.3) is 88.4 Å². The lowest BCUT2D eigenvalue weighted by Gasteiger charge is -2.15. The SMILES string of the molecule is c1ccc2c(-c3cc4ccccc4n3-c3ccc(-c4ccc(-n5c(-c6cccc7ccccc67)cc6ccccc65)cc4)cc3)cccc2c1. The van der Waals surface area contributed by atoms with Crippen molar-refractivity contribution in [3.05, 3.63) is 194 Å². The third kappa shape index (κ3) is 4.57. The normalized spacial score (nSPS) is 11.6. The summed E-state index contributed by atoms with van der Waals surface area (Å²) < 4.78 is 4.80. The molecule has 0 fully saturated rings. The summed E-state index contributed by atoms with van der Waals surface area (Å²) in [6, 6.07) is 70.5. The van der Waals surface area contributed by atoms with Gasteiger partial charge in [0, 0.05) is 33.3 Å². The number of aromatic nitrogens is 2. The van der Waals surface area contributed by atoms with Crippen LogP contribution < -0.4 is 0 Å². The first-order valence-electron chi connectivity index (χ1n) is 17.2. The van der Waals surface area contributed by atoms with Gasteiger partial charge in [-0.1, -0.05) is 146 Å². The zero-order valence-electron chi connectivity index (χ0n) is 27.4. The molecule has 0 unspecified atom stereocenters. The van der Waals surface area contributed by atoms with Gasteiger partial charge in [-0.2, -0.15) is 0 Å². The van der Waals surface area contributed by atoms with E-state index in [9.17, 15) is 0 Å². The quantitative estimate of drug-likeness (QED) is 0.178. The number of rotatable bonds is 5. The number of hydrogen-bond donors (Lipinski definition) is 0. The molecule has 2 nitrogen and oxygen atoms in total. The van der Waals surface area contributed by atoms with Crippen molar-refractivity contribution in [1.82, 2.24) is 9.13 Å². The van der Waals surface area contributed by atoms with E-state index in [2.05, 4.69) is 203 Å². The van der Waals surface area contributed by atoms with Crippen LogP contribution in [-0.2, 0) is 0 Å². The number of nitrogens with zero attached hydrogens (tertiary/aromatic N) is 2. The van der Waals surface area contributed by atoms with Crippen molar-refractivity contribution in [2.45, 2.75) is 0 Å². The van der Waals surface area contributed by atoms with E-state index in [-0.39, 0.29) is 0 Å². The zero-order chi connectivity index (χ0) is 33.0. The Morgan fingerprint density at radius 1 is 0.280 bits per heavy atom. The van der Waals surface area contributed by atoms with Crippen LogP contribution in [0.15, 0.2) is 194 Å². The average Bonchev–Trinajstić information content (AvgIpc) is 3.77. The van der Waals surface area contributed by atoms with Crippen LogP contribution in [0.4, 0.5) is 0 Å². The van der Waals surface area contributed by atoms with Crippen LogP contribution in [0.5, 0.6) is 0 Å². The topological polar surface area (TPSA) is 9.86 Å². The van der Waals surface area contributed by atoms with Gasteiger partial charge in [0.25, 0.3) is 0 Å². The van der Waals surface area contributed by atoms with Crippen molar-refractivity contribution < 1.29 is 0 Å². The summed E-state index contributed by atoms with van der Waals surface area (Å²) in [6.07, 6.45) is 0. The summed E-state index contributed by atoms with van der Waals surface area (Å²) in [5.74, 6) is 0. The van der Waals surface area contributed by atoms with Gasteiger partial charge in [0.05, 0.1) is 22.4 Å². The predicted octanol–water partition coefficient (Wildman–Crippen LogP) is 12.9. The Morgan fingerprint density at radius 2 is 0.640 bits per heavy atom. The molecule has 0 saturated carbocycles. The molecule has 2 heterocycles. The molecule has 0 amide bonds. The van der Waals surface area contributed by atoms with Crippen molar-refractivity contribution in [3.8, 4) is 45.0 Å². The van der Waals surface area contributed by atoms with Crippen molar-refractivity contribution in [2.24, 2.45) is 0 Å². The molecule has 0 bridgehead atoms. The molecule has 2 aromatic heterocycles. The van der Waals surface area contributed by atoms with Crippen LogP contribution in [-0.4, -0.2) is 9.13 Å².